The third-order valence-electron chi connectivity index (χ3n) is 11.4. The number of carbonyl (C=O) groups excluding carboxylic acids is 3. The molecule has 0 saturated carbocycles. The SMILES string of the molecule is CCc1nc(C(N)=O)c(Nc2ccc(N3CCC(N4CCN(Cc5ccc(C6CCC(=O)NC6=O)c(F)c5)CC4)CC3)c(OC)c2)nc1NC1CCOCC1. The average Bonchev–Trinajstić information content (AvgIpc) is 3.19. The molecule has 1 unspecified atom stereocenters. The van der Waals surface area contributed by atoms with Crippen LogP contribution in [0.5, 0.6) is 5.75 Å². The van der Waals surface area contributed by atoms with E-state index in [1.165, 1.54) is 6.07 Å². The van der Waals surface area contributed by atoms with Crippen LogP contribution in [-0.2, 0) is 27.3 Å². The standard InChI is InChI=1S/C40H52FN9O5/c1-3-32-38(43-26-12-20-55-21-13-26)47-39(36(45-32)37(42)52)44-27-5-8-33(34(23-27)54-2)50-14-10-28(11-15-50)49-18-16-48(17-19-49)24-25-4-6-29(31(41)22-25)30-7-9-35(51)46-40(30)53/h4-6,8,22-23,26,28,30H,3,7,9-21,24H2,1-2H3,(H2,42,52)(H2,43,44,47)(H,46,51,53). The van der Waals surface area contributed by atoms with Gasteiger partial charge in [-0.1, -0.05) is 19.1 Å². The number of piperazine rings is 1. The fraction of sp³-hybridized carbons (Fsp3) is 0.525. The van der Waals surface area contributed by atoms with E-state index < -0.39 is 17.7 Å². The van der Waals surface area contributed by atoms with E-state index in [0.29, 0.717) is 67.2 Å². The summed E-state index contributed by atoms with van der Waals surface area (Å²) in [6.07, 6.45) is 4.96. The maximum Gasteiger partial charge on any atom is 0.271 e. The number of anilines is 4. The molecular formula is C40H52FN9O5. The van der Waals surface area contributed by atoms with Crippen LogP contribution in [0.25, 0.3) is 0 Å². The molecule has 5 heterocycles. The molecule has 1 aromatic heterocycles. The number of nitrogens with two attached hydrogens (primary N) is 1. The summed E-state index contributed by atoms with van der Waals surface area (Å²) in [5.74, 6) is -0.728. The predicted molar refractivity (Wildman–Crippen MR) is 207 cm³/mol. The second-order valence-electron chi connectivity index (χ2n) is 14.9. The number of imide groups is 1. The molecule has 3 aromatic rings. The van der Waals surface area contributed by atoms with Crippen LogP contribution in [0.1, 0.15) is 78.7 Å². The lowest BCUT2D eigenvalue weighted by Crippen LogP contribution is -2.53. The molecule has 4 saturated heterocycles. The number of nitrogens with one attached hydrogen (secondary N) is 3. The lowest BCUT2D eigenvalue weighted by atomic mass is 9.89. The van der Waals surface area contributed by atoms with Crippen LogP contribution in [-0.4, -0.2) is 109 Å². The molecule has 14 nitrogen and oxygen atoms in total. The van der Waals surface area contributed by atoms with Gasteiger partial charge in [0.25, 0.3) is 5.91 Å². The highest BCUT2D eigenvalue weighted by atomic mass is 19.1. The van der Waals surface area contributed by atoms with Gasteiger partial charge in [-0.2, -0.15) is 0 Å². The number of halogens is 1. The van der Waals surface area contributed by atoms with Crippen LogP contribution in [0.2, 0.25) is 0 Å². The molecule has 5 N–H and O–H groups in total. The molecule has 0 spiro atoms. The lowest BCUT2D eigenvalue weighted by molar-refractivity contribution is -0.134. The number of hydrogen-bond donors (Lipinski definition) is 4. The highest BCUT2D eigenvalue weighted by Gasteiger charge is 2.31. The number of rotatable bonds is 12. The van der Waals surface area contributed by atoms with Crippen molar-refractivity contribution in [1.82, 2.24) is 25.1 Å². The minimum atomic E-state index is -0.649. The van der Waals surface area contributed by atoms with Crippen molar-refractivity contribution in [3.63, 3.8) is 0 Å². The number of nitrogens with zero attached hydrogens (tertiary/aromatic N) is 5. The highest BCUT2D eigenvalue weighted by molar-refractivity contribution is 6.01. The summed E-state index contributed by atoms with van der Waals surface area (Å²) >= 11 is 0. The molecule has 3 amide bonds. The van der Waals surface area contributed by atoms with E-state index in [1.54, 1.807) is 13.2 Å². The fourth-order valence-electron chi connectivity index (χ4n) is 8.24. The van der Waals surface area contributed by atoms with Crippen molar-refractivity contribution in [3.8, 4) is 5.75 Å². The van der Waals surface area contributed by atoms with Crippen LogP contribution in [0.3, 0.4) is 0 Å². The molecule has 4 aliphatic heterocycles. The Hall–Kier alpha value is -4.86. The van der Waals surface area contributed by atoms with Gasteiger partial charge in [-0.25, -0.2) is 14.4 Å². The predicted octanol–water partition coefficient (Wildman–Crippen LogP) is 3.93. The molecule has 294 valence electrons. The Bertz CT molecular complexity index is 1870. The number of benzene rings is 2. The summed E-state index contributed by atoms with van der Waals surface area (Å²) in [6, 6.07) is 11.8. The second-order valence-corrected chi connectivity index (χ2v) is 14.9. The smallest absolute Gasteiger partial charge is 0.271 e. The Morgan fingerprint density at radius 3 is 2.42 bits per heavy atom. The number of aromatic nitrogens is 2. The van der Waals surface area contributed by atoms with Gasteiger partial charge >= 0.3 is 0 Å². The van der Waals surface area contributed by atoms with E-state index in [-0.39, 0.29) is 29.9 Å². The Balaban J connectivity index is 0.927. The average molecular weight is 758 g/mol. The molecule has 0 radical (unpaired) electrons. The van der Waals surface area contributed by atoms with Crippen LogP contribution in [0, 0.1) is 5.82 Å². The van der Waals surface area contributed by atoms with Gasteiger partial charge in [0.1, 0.15) is 11.6 Å². The summed E-state index contributed by atoms with van der Waals surface area (Å²) in [7, 11) is 1.66. The zero-order valence-electron chi connectivity index (χ0n) is 31.7. The van der Waals surface area contributed by atoms with Gasteiger partial charge in [0.15, 0.2) is 17.3 Å². The summed E-state index contributed by atoms with van der Waals surface area (Å²) in [4.78, 5) is 52.9. The zero-order valence-corrected chi connectivity index (χ0v) is 31.7. The number of piperidine rings is 2. The maximum atomic E-state index is 15.1. The monoisotopic (exact) mass is 757 g/mol. The van der Waals surface area contributed by atoms with E-state index in [0.717, 1.165) is 82.0 Å². The van der Waals surface area contributed by atoms with E-state index in [4.69, 9.17) is 20.2 Å². The summed E-state index contributed by atoms with van der Waals surface area (Å²) in [5, 5.41) is 9.12. The Morgan fingerprint density at radius 1 is 0.982 bits per heavy atom. The number of hydrogen-bond acceptors (Lipinski definition) is 12. The second kappa shape index (κ2) is 17.3. The molecule has 1 atom stereocenters. The van der Waals surface area contributed by atoms with Gasteiger partial charge in [-0.3, -0.25) is 29.5 Å². The molecule has 15 heteroatoms. The third kappa shape index (κ3) is 9.00. The first-order chi connectivity index (χ1) is 26.7. The minimum Gasteiger partial charge on any atom is -0.495 e. The van der Waals surface area contributed by atoms with Crippen molar-refractivity contribution in [2.24, 2.45) is 5.73 Å². The Morgan fingerprint density at radius 2 is 1.75 bits per heavy atom. The molecule has 0 aliphatic carbocycles. The van der Waals surface area contributed by atoms with Gasteiger partial charge in [-0.15, -0.1) is 0 Å². The largest absolute Gasteiger partial charge is 0.495 e. The van der Waals surface area contributed by atoms with Gasteiger partial charge < -0.3 is 30.7 Å². The summed E-state index contributed by atoms with van der Waals surface area (Å²) < 4.78 is 26.5. The third-order valence-corrected chi connectivity index (χ3v) is 11.4. The number of methoxy groups -OCH3 is 1. The maximum absolute atomic E-state index is 15.1. The van der Waals surface area contributed by atoms with Gasteiger partial charge in [-0.05, 0) is 62.3 Å². The Labute approximate surface area is 321 Å². The van der Waals surface area contributed by atoms with E-state index in [9.17, 15) is 14.4 Å². The molecule has 4 aliphatic rings. The number of amides is 3. The first kappa shape index (κ1) is 38.4. The minimum absolute atomic E-state index is 0.0925. The molecule has 0 bridgehead atoms. The molecule has 2 aromatic carbocycles. The van der Waals surface area contributed by atoms with Crippen molar-refractivity contribution in [2.45, 2.75) is 76.4 Å². The molecule has 55 heavy (non-hydrogen) atoms. The van der Waals surface area contributed by atoms with Crippen molar-refractivity contribution in [3.05, 3.63) is 64.7 Å². The van der Waals surface area contributed by atoms with E-state index in [1.807, 2.05) is 31.2 Å². The quantitative estimate of drug-likeness (QED) is 0.197. The first-order valence-corrected chi connectivity index (χ1v) is 19.5. The van der Waals surface area contributed by atoms with Crippen LogP contribution in [0.4, 0.5) is 27.4 Å². The van der Waals surface area contributed by atoms with Crippen molar-refractivity contribution < 1.29 is 28.2 Å². The molecule has 7 rings (SSSR count). The van der Waals surface area contributed by atoms with Crippen LogP contribution in [0.15, 0.2) is 36.4 Å². The summed E-state index contributed by atoms with van der Waals surface area (Å²) in [5.41, 5.74) is 9.50. The number of primary amides is 1. The van der Waals surface area contributed by atoms with Crippen LogP contribution < -0.4 is 31.3 Å². The first-order valence-electron chi connectivity index (χ1n) is 19.5. The van der Waals surface area contributed by atoms with Gasteiger partial charge in [0.05, 0.1) is 24.4 Å². The summed E-state index contributed by atoms with van der Waals surface area (Å²) in [6.45, 7) is 9.50. The molecule has 4 fully saturated rings. The topological polar surface area (TPSA) is 167 Å². The van der Waals surface area contributed by atoms with Crippen molar-refractivity contribution in [2.75, 3.05) is 75.1 Å². The highest BCUT2D eigenvalue weighted by Crippen LogP contribution is 2.35. The van der Waals surface area contributed by atoms with Gasteiger partial charge in [0.2, 0.25) is 11.8 Å². The number of aryl methyl sites for hydroxylation is 1. The normalized spacial score (nSPS) is 20.6. The Kier molecular flexibility index (Phi) is 12.1. The molecular weight excluding hydrogens is 705 g/mol. The van der Waals surface area contributed by atoms with Crippen molar-refractivity contribution >= 4 is 40.7 Å². The zero-order chi connectivity index (χ0) is 38.5. The lowest BCUT2D eigenvalue weighted by Gasteiger charge is -2.43. The van der Waals surface area contributed by atoms with Crippen LogP contribution >= 0.6 is 0 Å². The number of carbonyl (C=O) groups is 3. The fourth-order valence-corrected chi connectivity index (χ4v) is 8.24. The van der Waals surface area contributed by atoms with Crippen molar-refractivity contribution in [1.29, 1.82) is 0 Å². The van der Waals surface area contributed by atoms with E-state index >= 15 is 4.39 Å². The van der Waals surface area contributed by atoms with E-state index in [2.05, 4.69) is 35.6 Å². The number of ether oxygens (including phenoxy) is 2. The van der Waals surface area contributed by atoms with Gasteiger partial charge in [0, 0.05) is 94.8 Å².